The van der Waals surface area contributed by atoms with Crippen LogP contribution >= 0.6 is 11.6 Å². The van der Waals surface area contributed by atoms with Gasteiger partial charge in [0.2, 0.25) is 11.9 Å². The van der Waals surface area contributed by atoms with Gasteiger partial charge in [-0.3, -0.25) is 4.90 Å². The zero-order chi connectivity index (χ0) is 20.9. The van der Waals surface area contributed by atoms with Crippen molar-refractivity contribution in [2.45, 2.75) is 38.8 Å². The molecule has 3 N–H and O–H groups in total. The number of nitrogens with zero attached hydrogens (tertiary/aromatic N) is 4. The van der Waals surface area contributed by atoms with Crippen LogP contribution in [0.5, 0.6) is 0 Å². The Kier molecular flexibility index (Phi) is 6.55. The highest BCUT2D eigenvalue weighted by Crippen LogP contribution is 2.23. The largest absolute Gasteiger partial charge is 0.368 e. The Morgan fingerprint density at radius 1 is 1.13 bits per heavy atom. The molecule has 0 radical (unpaired) electrons. The van der Waals surface area contributed by atoms with E-state index in [4.69, 9.17) is 17.3 Å². The van der Waals surface area contributed by atoms with Crippen LogP contribution in [-0.2, 0) is 13.0 Å². The highest BCUT2D eigenvalue weighted by Gasteiger charge is 2.26. The Labute approximate surface area is 183 Å². The standard InChI is InChI=1S/C23H29ClN6/c1-17-4-2-3-5-19(17)16-30(13-10-18-6-8-20(24)9-7-18)21-11-14-29(15-12-21)23-26-22(25)27-28-23/h2-9,21H,10-16H2,1H3,(H3,25,26,27,28). The van der Waals surface area contributed by atoms with Crippen molar-refractivity contribution < 1.29 is 0 Å². The number of halogens is 1. The predicted molar refractivity (Wildman–Crippen MR) is 123 cm³/mol. The first-order valence-corrected chi connectivity index (χ1v) is 10.9. The molecule has 0 unspecified atom stereocenters. The molecule has 0 amide bonds. The number of nitrogens with two attached hydrogens (primary N) is 1. The van der Waals surface area contributed by atoms with E-state index >= 15 is 0 Å². The van der Waals surface area contributed by atoms with Crippen molar-refractivity contribution in [1.29, 1.82) is 0 Å². The first-order valence-electron chi connectivity index (χ1n) is 10.5. The second-order valence-electron chi connectivity index (χ2n) is 8.01. The van der Waals surface area contributed by atoms with Gasteiger partial charge in [0.05, 0.1) is 0 Å². The number of anilines is 2. The van der Waals surface area contributed by atoms with Crippen LogP contribution in [0.4, 0.5) is 11.9 Å². The number of aryl methyl sites for hydroxylation is 1. The van der Waals surface area contributed by atoms with Gasteiger partial charge in [-0.05, 0) is 55.0 Å². The fourth-order valence-electron chi connectivity index (χ4n) is 4.16. The normalized spacial score (nSPS) is 15.1. The van der Waals surface area contributed by atoms with Crippen LogP contribution in [0.25, 0.3) is 0 Å². The summed E-state index contributed by atoms with van der Waals surface area (Å²) in [5.41, 5.74) is 9.77. The zero-order valence-electron chi connectivity index (χ0n) is 17.4. The summed E-state index contributed by atoms with van der Waals surface area (Å²) >= 11 is 6.05. The molecule has 2 heterocycles. The molecule has 30 heavy (non-hydrogen) atoms. The fourth-order valence-corrected chi connectivity index (χ4v) is 4.28. The second kappa shape index (κ2) is 9.49. The van der Waals surface area contributed by atoms with E-state index in [-0.39, 0.29) is 0 Å². The molecule has 7 heteroatoms. The summed E-state index contributed by atoms with van der Waals surface area (Å²) in [6.07, 6.45) is 3.18. The van der Waals surface area contributed by atoms with Crippen molar-refractivity contribution >= 4 is 23.5 Å². The molecule has 1 aliphatic rings. The van der Waals surface area contributed by atoms with E-state index in [1.165, 1.54) is 16.7 Å². The third kappa shape index (κ3) is 5.12. The number of aromatic nitrogens is 3. The molecule has 0 saturated carbocycles. The van der Waals surface area contributed by atoms with Gasteiger partial charge in [0.25, 0.3) is 0 Å². The molecule has 0 atom stereocenters. The number of aromatic amines is 1. The molecular formula is C23H29ClN6. The summed E-state index contributed by atoms with van der Waals surface area (Å²) in [5, 5.41) is 7.74. The van der Waals surface area contributed by atoms with Crippen LogP contribution in [0, 0.1) is 6.92 Å². The number of hydrogen-bond donors (Lipinski definition) is 2. The number of hydrogen-bond acceptors (Lipinski definition) is 5. The summed E-state index contributed by atoms with van der Waals surface area (Å²) in [6, 6.07) is 17.4. The Bertz CT molecular complexity index is 946. The fraction of sp³-hybridized carbons (Fsp3) is 0.391. The lowest BCUT2D eigenvalue weighted by molar-refractivity contribution is 0.161. The van der Waals surface area contributed by atoms with E-state index < -0.39 is 0 Å². The minimum Gasteiger partial charge on any atom is -0.368 e. The first kappa shape index (κ1) is 20.7. The molecule has 1 fully saturated rings. The monoisotopic (exact) mass is 424 g/mol. The summed E-state index contributed by atoms with van der Waals surface area (Å²) in [7, 11) is 0. The van der Waals surface area contributed by atoms with Crippen molar-refractivity contribution in [3.8, 4) is 0 Å². The summed E-state index contributed by atoms with van der Waals surface area (Å²) in [4.78, 5) is 9.14. The maximum Gasteiger partial charge on any atom is 0.246 e. The van der Waals surface area contributed by atoms with E-state index in [9.17, 15) is 0 Å². The second-order valence-corrected chi connectivity index (χ2v) is 8.45. The minimum absolute atomic E-state index is 0.372. The van der Waals surface area contributed by atoms with Crippen molar-refractivity contribution in [1.82, 2.24) is 20.1 Å². The van der Waals surface area contributed by atoms with Crippen LogP contribution in [0.1, 0.15) is 29.5 Å². The topological polar surface area (TPSA) is 74.1 Å². The van der Waals surface area contributed by atoms with E-state index in [0.717, 1.165) is 50.5 Å². The molecule has 1 aliphatic heterocycles. The average molecular weight is 425 g/mol. The summed E-state index contributed by atoms with van der Waals surface area (Å²) < 4.78 is 0. The zero-order valence-corrected chi connectivity index (χ0v) is 18.1. The Morgan fingerprint density at radius 3 is 2.53 bits per heavy atom. The lowest BCUT2D eigenvalue weighted by Gasteiger charge is -2.38. The van der Waals surface area contributed by atoms with Crippen LogP contribution in [0.2, 0.25) is 5.02 Å². The smallest absolute Gasteiger partial charge is 0.246 e. The number of nitrogens with one attached hydrogen (secondary N) is 1. The van der Waals surface area contributed by atoms with Crippen molar-refractivity contribution in [3.63, 3.8) is 0 Å². The molecule has 1 saturated heterocycles. The lowest BCUT2D eigenvalue weighted by atomic mass is 10.00. The van der Waals surface area contributed by atoms with Gasteiger partial charge in [-0.15, -0.1) is 5.10 Å². The Balaban J connectivity index is 1.44. The van der Waals surface area contributed by atoms with E-state index in [0.29, 0.717) is 17.9 Å². The molecule has 2 aromatic carbocycles. The molecule has 158 valence electrons. The summed E-state index contributed by atoms with van der Waals surface area (Å²) in [6.45, 7) is 6.07. The predicted octanol–water partition coefficient (Wildman–Crippen LogP) is 4.06. The third-order valence-electron chi connectivity index (χ3n) is 5.99. The third-order valence-corrected chi connectivity index (χ3v) is 6.24. The number of nitrogen functional groups attached to an aromatic ring is 1. The van der Waals surface area contributed by atoms with E-state index in [1.807, 2.05) is 12.1 Å². The lowest BCUT2D eigenvalue weighted by Crippen LogP contribution is -2.45. The van der Waals surface area contributed by atoms with Crippen molar-refractivity contribution in [2.24, 2.45) is 0 Å². The molecule has 0 spiro atoms. The first-order chi connectivity index (χ1) is 14.6. The van der Waals surface area contributed by atoms with Crippen molar-refractivity contribution in [3.05, 3.63) is 70.2 Å². The molecule has 0 bridgehead atoms. The van der Waals surface area contributed by atoms with Gasteiger partial charge in [-0.25, -0.2) is 5.10 Å². The molecular weight excluding hydrogens is 396 g/mol. The number of piperidine rings is 1. The number of rotatable bonds is 7. The molecule has 3 aromatic rings. The Hall–Kier alpha value is -2.57. The van der Waals surface area contributed by atoms with Crippen LogP contribution in [-0.4, -0.2) is 45.8 Å². The quantitative estimate of drug-likeness (QED) is 0.598. The van der Waals surface area contributed by atoms with Gasteiger partial charge in [0.1, 0.15) is 0 Å². The highest BCUT2D eigenvalue weighted by molar-refractivity contribution is 6.30. The molecule has 0 aliphatic carbocycles. The van der Waals surface area contributed by atoms with Gasteiger partial charge >= 0.3 is 0 Å². The van der Waals surface area contributed by atoms with Crippen molar-refractivity contribution in [2.75, 3.05) is 30.3 Å². The van der Waals surface area contributed by atoms with Gasteiger partial charge in [0.15, 0.2) is 0 Å². The number of H-pyrrole nitrogens is 1. The molecule has 4 rings (SSSR count). The number of benzene rings is 2. The van der Waals surface area contributed by atoms with Gasteiger partial charge in [0, 0.05) is 37.2 Å². The van der Waals surface area contributed by atoms with Gasteiger partial charge in [-0.1, -0.05) is 48.0 Å². The van der Waals surface area contributed by atoms with Crippen LogP contribution < -0.4 is 10.6 Å². The maximum absolute atomic E-state index is 6.05. The molecule has 6 nitrogen and oxygen atoms in total. The van der Waals surface area contributed by atoms with E-state index in [2.05, 4.69) is 68.3 Å². The average Bonchev–Trinajstić information content (AvgIpc) is 3.20. The highest BCUT2D eigenvalue weighted by atomic mass is 35.5. The van der Waals surface area contributed by atoms with E-state index in [1.54, 1.807) is 0 Å². The molecule has 1 aromatic heterocycles. The van der Waals surface area contributed by atoms with Crippen LogP contribution in [0.15, 0.2) is 48.5 Å². The SMILES string of the molecule is Cc1ccccc1CN(CCc1ccc(Cl)cc1)C1CCN(c2n[nH]c(N)n2)CC1. The minimum atomic E-state index is 0.372. The van der Waals surface area contributed by atoms with Gasteiger partial charge in [-0.2, -0.15) is 4.98 Å². The Morgan fingerprint density at radius 2 is 1.87 bits per heavy atom. The van der Waals surface area contributed by atoms with Gasteiger partial charge < -0.3 is 10.6 Å². The van der Waals surface area contributed by atoms with Crippen LogP contribution in [0.3, 0.4) is 0 Å². The summed E-state index contributed by atoms with van der Waals surface area (Å²) in [5.74, 6) is 1.08. The maximum atomic E-state index is 6.05.